The second-order valence-electron chi connectivity index (χ2n) is 4.77. The van der Waals surface area contributed by atoms with Gasteiger partial charge in [0, 0.05) is 6.54 Å². The zero-order valence-corrected chi connectivity index (χ0v) is 11.0. The quantitative estimate of drug-likeness (QED) is 0.845. The summed E-state index contributed by atoms with van der Waals surface area (Å²) in [5.74, 6) is -2.45. The molecule has 116 valence electrons. The summed E-state index contributed by atoms with van der Waals surface area (Å²) in [6.07, 6.45) is -1.33. The van der Waals surface area contributed by atoms with Crippen LogP contribution in [0.2, 0.25) is 0 Å². The van der Waals surface area contributed by atoms with Crippen molar-refractivity contribution in [1.82, 2.24) is 15.2 Å². The number of rotatable bonds is 4. The number of oxazole rings is 1. The van der Waals surface area contributed by atoms with Gasteiger partial charge in [0.15, 0.2) is 6.39 Å². The molecule has 1 N–H and O–H groups in total. The lowest BCUT2D eigenvalue weighted by Crippen LogP contribution is -2.50. The number of alkyl halides is 3. The Balaban J connectivity index is 1.92. The van der Waals surface area contributed by atoms with Crippen LogP contribution in [-0.4, -0.2) is 41.0 Å². The summed E-state index contributed by atoms with van der Waals surface area (Å²) in [4.78, 5) is 28.3. The Bertz CT molecular complexity index is 502. The van der Waals surface area contributed by atoms with Gasteiger partial charge in [-0.3, -0.25) is 9.59 Å². The summed E-state index contributed by atoms with van der Waals surface area (Å²) in [6, 6.07) is 0. The molecule has 0 bridgehead atoms. The number of carbonyl (C=O) groups excluding carboxylic acids is 2. The molecule has 0 spiro atoms. The molecule has 1 atom stereocenters. The van der Waals surface area contributed by atoms with Crippen LogP contribution in [0, 0.1) is 5.92 Å². The third-order valence-electron chi connectivity index (χ3n) is 3.14. The van der Waals surface area contributed by atoms with Crippen LogP contribution in [-0.2, 0) is 16.1 Å². The summed E-state index contributed by atoms with van der Waals surface area (Å²) in [6.45, 7) is -1.23. The summed E-state index contributed by atoms with van der Waals surface area (Å²) >= 11 is 0. The predicted molar refractivity (Wildman–Crippen MR) is 63.7 cm³/mol. The second-order valence-corrected chi connectivity index (χ2v) is 4.77. The predicted octanol–water partition coefficient (Wildman–Crippen LogP) is 1.09. The average Bonchev–Trinajstić information content (AvgIpc) is 2.90. The van der Waals surface area contributed by atoms with E-state index in [2.05, 4.69) is 10.3 Å². The van der Waals surface area contributed by atoms with Crippen molar-refractivity contribution >= 4 is 11.8 Å². The number of hydrogen-bond acceptors (Lipinski definition) is 4. The zero-order chi connectivity index (χ0) is 15.5. The van der Waals surface area contributed by atoms with Gasteiger partial charge in [0.25, 0.3) is 0 Å². The lowest BCUT2D eigenvalue weighted by atomic mass is 9.96. The molecule has 1 aliphatic heterocycles. The van der Waals surface area contributed by atoms with E-state index in [-0.39, 0.29) is 19.5 Å². The SMILES string of the molecule is O=C(NCc1cocn1)C1CCCN(CC(F)(F)F)C1=O. The van der Waals surface area contributed by atoms with Crippen molar-refractivity contribution in [2.75, 3.05) is 13.1 Å². The molecule has 2 amide bonds. The van der Waals surface area contributed by atoms with Crippen LogP contribution >= 0.6 is 0 Å². The molecule has 1 aliphatic rings. The van der Waals surface area contributed by atoms with E-state index in [9.17, 15) is 22.8 Å². The summed E-state index contributed by atoms with van der Waals surface area (Å²) in [7, 11) is 0. The van der Waals surface area contributed by atoms with Gasteiger partial charge in [-0.25, -0.2) is 4.98 Å². The van der Waals surface area contributed by atoms with Crippen molar-refractivity contribution in [2.45, 2.75) is 25.6 Å². The smallest absolute Gasteiger partial charge is 0.406 e. The minimum absolute atomic E-state index is 0.0193. The first-order valence-electron chi connectivity index (χ1n) is 6.37. The molecule has 1 fully saturated rings. The largest absolute Gasteiger partial charge is 0.451 e. The topological polar surface area (TPSA) is 75.4 Å². The molecule has 1 saturated heterocycles. The van der Waals surface area contributed by atoms with Crippen LogP contribution in [0.4, 0.5) is 13.2 Å². The van der Waals surface area contributed by atoms with E-state index < -0.39 is 30.5 Å². The maximum absolute atomic E-state index is 12.4. The number of piperidine rings is 1. The van der Waals surface area contributed by atoms with Crippen molar-refractivity contribution in [2.24, 2.45) is 5.92 Å². The fourth-order valence-electron chi connectivity index (χ4n) is 2.18. The first-order valence-corrected chi connectivity index (χ1v) is 6.37. The number of nitrogens with zero attached hydrogens (tertiary/aromatic N) is 2. The molecule has 0 saturated carbocycles. The van der Waals surface area contributed by atoms with E-state index in [1.807, 2.05) is 0 Å². The van der Waals surface area contributed by atoms with E-state index in [0.717, 1.165) is 0 Å². The Morgan fingerprint density at radius 3 is 2.90 bits per heavy atom. The van der Waals surface area contributed by atoms with Crippen LogP contribution < -0.4 is 5.32 Å². The molecule has 2 rings (SSSR count). The lowest BCUT2D eigenvalue weighted by molar-refractivity contribution is -0.168. The number of amides is 2. The van der Waals surface area contributed by atoms with Gasteiger partial charge in [-0.05, 0) is 12.8 Å². The van der Waals surface area contributed by atoms with E-state index >= 15 is 0 Å². The van der Waals surface area contributed by atoms with Gasteiger partial charge in [-0.1, -0.05) is 0 Å². The zero-order valence-electron chi connectivity index (χ0n) is 11.0. The van der Waals surface area contributed by atoms with Gasteiger partial charge in [0.05, 0.1) is 12.2 Å². The van der Waals surface area contributed by atoms with Gasteiger partial charge in [-0.15, -0.1) is 0 Å². The van der Waals surface area contributed by atoms with E-state index in [1.165, 1.54) is 12.7 Å². The number of nitrogens with one attached hydrogen (secondary N) is 1. The highest BCUT2D eigenvalue weighted by Gasteiger charge is 2.39. The minimum Gasteiger partial charge on any atom is -0.451 e. The summed E-state index contributed by atoms with van der Waals surface area (Å²) < 4.78 is 41.8. The van der Waals surface area contributed by atoms with Gasteiger partial charge >= 0.3 is 6.18 Å². The van der Waals surface area contributed by atoms with Crippen molar-refractivity contribution in [3.8, 4) is 0 Å². The molecule has 0 aromatic carbocycles. The molecule has 9 heteroatoms. The van der Waals surface area contributed by atoms with E-state index in [1.54, 1.807) is 0 Å². The summed E-state index contributed by atoms with van der Waals surface area (Å²) in [5.41, 5.74) is 0.471. The molecule has 6 nitrogen and oxygen atoms in total. The van der Waals surface area contributed by atoms with Gasteiger partial charge in [0.1, 0.15) is 18.7 Å². The van der Waals surface area contributed by atoms with Gasteiger partial charge in [0.2, 0.25) is 11.8 Å². The number of carbonyl (C=O) groups is 2. The Kier molecular flexibility index (Phi) is 4.49. The van der Waals surface area contributed by atoms with E-state index in [0.29, 0.717) is 17.0 Å². The Labute approximate surface area is 118 Å². The molecule has 2 heterocycles. The average molecular weight is 305 g/mol. The number of aromatic nitrogens is 1. The minimum atomic E-state index is -4.46. The van der Waals surface area contributed by atoms with Crippen LogP contribution in [0.15, 0.2) is 17.1 Å². The highest BCUT2D eigenvalue weighted by molar-refractivity contribution is 6.00. The molecule has 0 aliphatic carbocycles. The molecular weight excluding hydrogens is 291 g/mol. The number of likely N-dealkylation sites (tertiary alicyclic amines) is 1. The van der Waals surface area contributed by atoms with Crippen LogP contribution in [0.25, 0.3) is 0 Å². The van der Waals surface area contributed by atoms with E-state index in [4.69, 9.17) is 4.42 Å². The Hall–Kier alpha value is -2.06. The van der Waals surface area contributed by atoms with Crippen molar-refractivity contribution in [3.63, 3.8) is 0 Å². The standard InChI is InChI=1S/C12H14F3N3O3/c13-12(14,15)6-18-3-1-2-9(11(18)20)10(19)16-4-8-5-21-7-17-8/h5,7,9H,1-4,6H2,(H,16,19). The molecular formula is C12H14F3N3O3. The second kappa shape index (κ2) is 6.15. The number of hydrogen-bond donors (Lipinski definition) is 1. The molecule has 21 heavy (non-hydrogen) atoms. The van der Waals surface area contributed by atoms with Gasteiger partial charge < -0.3 is 14.6 Å². The third kappa shape index (κ3) is 4.20. The number of halogens is 3. The first-order chi connectivity index (χ1) is 9.87. The first kappa shape index (κ1) is 15.3. The van der Waals surface area contributed by atoms with Crippen LogP contribution in [0.3, 0.4) is 0 Å². The highest BCUT2D eigenvalue weighted by Crippen LogP contribution is 2.23. The normalized spacial score (nSPS) is 19.7. The third-order valence-corrected chi connectivity index (χ3v) is 3.14. The van der Waals surface area contributed by atoms with Crippen molar-refractivity contribution < 1.29 is 27.2 Å². The summed E-state index contributed by atoms with van der Waals surface area (Å²) in [5, 5.41) is 2.48. The van der Waals surface area contributed by atoms with Crippen LogP contribution in [0.1, 0.15) is 18.5 Å². The fourth-order valence-corrected chi connectivity index (χ4v) is 2.18. The maximum Gasteiger partial charge on any atom is 0.406 e. The Morgan fingerprint density at radius 2 is 2.29 bits per heavy atom. The van der Waals surface area contributed by atoms with Crippen LogP contribution in [0.5, 0.6) is 0 Å². The molecule has 1 aromatic rings. The van der Waals surface area contributed by atoms with Crippen molar-refractivity contribution in [1.29, 1.82) is 0 Å². The van der Waals surface area contributed by atoms with Gasteiger partial charge in [-0.2, -0.15) is 13.2 Å². The molecule has 1 unspecified atom stereocenters. The monoisotopic (exact) mass is 305 g/mol. The molecule has 1 aromatic heterocycles. The lowest BCUT2D eigenvalue weighted by Gasteiger charge is -2.32. The Morgan fingerprint density at radius 1 is 1.52 bits per heavy atom. The molecule has 0 radical (unpaired) electrons. The highest BCUT2D eigenvalue weighted by atomic mass is 19.4. The van der Waals surface area contributed by atoms with Crippen molar-refractivity contribution in [3.05, 3.63) is 18.4 Å². The fraction of sp³-hybridized carbons (Fsp3) is 0.583. The maximum atomic E-state index is 12.4.